The van der Waals surface area contributed by atoms with E-state index >= 15 is 0 Å². The molecule has 116 valence electrons. The molecular weight excluding hydrogens is 313 g/mol. The van der Waals surface area contributed by atoms with Gasteiger partial charge in [-0.3, -0.25) is 4.79 Å². The number of amides is 1. The van der Waals surface area contributed by atoms with Gasteiger partial charge < -0.3 is 15.5 Å². The maximum atomic E-state index is 12.2. The van der Waals surface area contributed by atoms with Crippen molar-refractivity contribution in [2.75, 3.05) is 5.32 Å². The van der Waals surface area contributed by atoms with Crippen molar-refractivity contribution in [1.29, 1.82) is 5.26 Å². The Hall–Kier alpha value is -2.53. The SMILES string of the molecule is N#CB1CCc2cc(O)c(O)cc2C1CC(=O)Nc1nccs1. The third-order valence-corrected chi connectivity index (χ3v) is 4.78. The zero-order chi connectivity index (χ0) is 16.4. The number of carbonyl (C=O) groups is 1. The summed E-state index contributed by atoms with van der Waals surface area (Å²) < 4.78 is 0. The summed E-state index contributed by atoms with van der Waals surface area (Å²) in [6.45, 7) is -0.298. The quantitative estimate of drug-likeness (QED) is 0.592. The summed E-state index contributed by atoms with van der Waals surface area (Å²) in [6, 6.07) is 2.99. The van der Waals surface area contributed by atoms with E-state index in [0.29, 0.717) is 17.9 Å². The summed E-state index contributed by atoms with van der Waals surface area (Å²) in [6.07, 6.45) is 3.01. The molecule has 6 nitrogen and oxygen atoms in total. The van der Waals surface area contributed by atoms with Crippen LogP contribution in [0.2, 0.25) is 6.32 Å². The first-order chi connectivity index (χ1) is 11.1. The van der Waals surface area contributed by atoms with Crippen molar-refractivity contribution in [2.45, 2.75) is 25.0 Å². The molecule has 23 heavy (non-hydrogen) atoms. The van der Waals surface area contributed by atoms with Crippen molar-refractivity contribution >= 4 is 29.1 Å². The molecule has 1 amide bonds. The van der Waals surface area contributed by atoms with Crippen molar-refractivity contribution < 1.29 is 15.0 Å². The molecule has 8 heteroatoms. The molecule has 1 atom stereocenters. The highest BCUT2D eigenvalue weighted by Crippen LogP contribution is 2.39. The number of carbonyl (C=O) groups excluding carboxylic acids is 1. The van der Waals surface area contributed by atoms with Crippen LogP contribution in [0.1, 0.15) is 23.4 Å². The van der Waals surface area contributed by atoms with Crippen LogP contribution >= 0.6 is 11.3 Å². The number of hydrogen-bond donors (Lipinski definition) is 3. The summed E-state index contributed by atoms with van der Waals surface area (Å²) in [5, 5.41) is 33.8. The van der Waals surface area contributed by atoms with E-state index in [1.54, 1.807) is 11.6 Å². The summed E-state index contributed by atoms with van der Waals surface area (Å²) in [7, 11) is 0. The van der Waals surface area contributed by atoms with Gasteiger partial charge in [0.15, 0.2) is 16.6 Å². The maximum absolute atomic E-state index is 12.2. The average molecular weight is 327 g/mol. The number of rotatable bonds is 3. The summed E-state index contributed by atoms with van der Waals surface area (Å²) in [5.41, 5.74) is 1.63. The van der Waals surface area contributed by atoms with Crippen molar-refractivity contribution in [3.05, 3.63) is 34.8 Å². The molecule has 3 rings (SSSR count). The lowest BCUT2D eigenvalue weighted by Gasteiger charge is -2.27. The molecule has 1 aromatic heterocycles. The van der Waals surface area contributed by atoms with Gasteiger partial charge in [0.25, 0.3) is 6.71 Å². The Labute approximate surface area is 137 Å². The Morgan fingerprint density at radius 3 is 2.96 bits per heavy atom. The van der Waals surface area contributed by atoms with E-state index in [4.69, 9.17) is 0 Å². The lowest BCUT2D eigenvalue weighted by atomic mass is 9.35. The Kier molecular flexibility index (Phi) is 4.21. The van der Waals surface area contributed by atoms with Crippen molar-refractivity contribution in [2.24, 2.45) is 0 Å². The molecule has 0 radical (unpaired) electrons. The molecule has 2 heterocycles. The molecule has 1 unspecified atom stereocenters. The average Bonchev–Trinajstić information content (AvgIpc) is 3.02. The number of thiazole rings is 1. The highest BCUT2D eigenvalue weighted by molar-refractivity contribution is 7.13. The van der Waals surface area contributed by atoms with Gasteiger partial charge in [-0.2, -0.15) is 0 Å². The standard InChI is InChI=1S/C15H14BN3O3S/c17-8-16-2-1-9-5-12(20)13(21)6-10(9)11(16)7-14(22)19-15-18-3-4-23-15/h3-6,11,20-21H,1-2,7H2,(H,18,19,22). The fourth-order valence-electron chi connectivity index (χ4n) is 2.99. The van der Waals surface area contributed by atoms with E-state index < -0.39 is 0 Å². The number of nitrogens with zero attached hydrogens (tertiary/aromatic N) is 2. The number of phenolic OH excluding ortho intramolecular Hbond substituents is 2. The Morgan fingerprint density at radius 2 is 2.26 bits per heavy atom. The normalized spacial score (nSPS) is 16.5. The molecule has 0 saturated heterocycles. The summed E-state index contributed by atoms with van der Waals surface area (Å²) >= 11 is 1.33. The smallest absolute Gasteiger partial charge is 0.276 e. The largest absolute Gasteiger partial charge is 0.504 e. The molecular formula is C15H14BN3O3S. The molecule has 0 bridgehead atoms. The Morgan fingerprint density at radius 1 is 1.48 bits per heavy atom. The number of aromatic hydroxyl groups is 2. The number of nitriles is 1. The van der Waals surface area contributed by atoms with E-state index in [-0.39, 0.29) is 36.4 Å². The van der Waals surface area contributed by atoms with Gasteiger partial charge in [-0.15, -0.1) is 11.3 Å². The zero-order valence-corrected chi connectivity index (χ0v) is 13.0. The van der Waals surface area contributed by atoms with Gasteiger partial charge in [0.05, 0.1) is 0 Å². The predicted octanol–water partition coefficient (Wildman–Crippen LogP) is 2.32. The van der Waals surface area contributed by atoms with Crippen LogP contribution in [0.15, 0.2) is 23.7 Å². The van der Waals surface area contributed by atoms with Gasteiger partial charge in [-0.05, 0) is 35.5 Å². The fraction of sp³-hybridized carbons (Fsp3) is 0.267. The number of hydrogen-bond acceptors (Lipinski definition) is 6. The van der Waals surface area contributed by atoms with E-state index in [2.05, 4.69) is 16.3 Å². The van der Waals surface area contributed by atoms with Gasteiger partial charge in [0.1, 0.15) is 0 Å². The predicted molar refractivity (Wildman–Crippen MR) is 87.8 cm³/mol. The van der Waals surface area contributed by atoms with Crippen LogP contribution in [0.4, 0.5) is 5.13 Å². The molecule has 0 spiro atoms. The number of fused-ring (bicyclic) bond motifs is 1. The first-order valence-corrected chi connectivity index (χ1v) is 8.10. The molecule has 3 N–H and O–H groups in total. The minimum atomic E-state index is -0.310. The van der Waals surface area contributed by atoms with Crippen LogP contribution < -0.4 is 5.32 Å². The van der Waals surface area contributed by atoms with Crippen LogP contribution in [0, 0.1) is 11.2 Å². The lowest BCUT2D eigenvalue weighted by molar-refractivity contribution is -0.116. The fourth-order valence-corrected chi connectivity index (χ4v) is 3.53. The van der Waals surface area contributed by atoms with Crippen molar-refractivity contribution in [1.82, 2.24) is 4.98 Å². The number of aryl methyl sites for hydroxylation is 1. The van der Waals surface area contributed by atoms with Gasteiger partial charge >= 0.3 is 0 Å². The minimum absolute atomic E-state index is 0.134. The molecule has 1 aromatic carbocycles. The number of nitrogens with one attached hydrogen (secondary N) is 1. The van der Waals surface area contributed by atoms with Gasteiger partial charge in [0.2, 0.25) is 5.91 Å². The highest BCUT2D eigenvalue weighted by Gasteiger charge is 2.35. The Balaban J connectivity index is 1.86. The van der Waals surface area contributed by atoms with Crippen molar-refractivity contribution in [3.8, 4) is 17.5 Å². The number of benzene rings is 1. The van der Waals surface area contributed by atoms with Crippen LogP contribution in [0.25, 0.3) is 0 Å². The number of aromatic nitrogens is 1. The second-order valence-corrected chi connectivity index (χ2v) is 6.40. The minimum Gasteiger partial charge on any atom is -0.504 e. The van der Waals surface area contributed by atoms with E-state index in [9.17, 15) is 20.3 Å². The molecule has 0 saturated carbocycles. The number of anilines is 1. The topological polar surface area (TPSA) is 106 Å². The van der Waals surface area contributed by atoms with Gasteiger partial charge in [0, 0.05) is 24.0 Å². The summed E-state index contributed by atoms with van der Waals surface area (Å²) in [5.74, 6) is 1.32. The lowest BCUT2D eigenvalue weighted by Crippen LogP contribution is -2.31. The molecule has 0 fully saturated rings. The Bertz CT molecular complexity index is 773. The molecule has 2 aromatic rings. The van der Waals surface area contributed by atoms with E-state index in [0.717, 1.165) is 11.1 Å². The number of phenols is 2. The monoisotopic (exact) mass is 327 g/mol. The second-order valence-electron chi connectivity index (χ2n) is 5.51. The molecule has 1 aliphatic rings. The maximum Gasteiger partial charge on any atom is 0.276 e. The highest BCUT2D eigenvalue weighted by atomic mass is 32.1. The second kappa shape index (κ2) is 6.30. The van der Waals surface area contributed by atoms with Gasteiger partial charge in [-0.1, -0.05) is 6.32 Å². The van der Waals surface area contributed by atoms with Crippen LogP contribution in [0.3, 0.4) is 0 Å². The van der Waals surface area contributed by atoms with E-state index in [1.165, 1.54) is 23.5 Å². The van der Waals surface area contributed by atoms with Gasteiger partial charge in [-0.25, -0.2) is 10.2 Å². The molecule has 1 aliphatic heterocycles. The third kappa shape index (κ3) is 3.15. The zero-order valence-electron chi connectivity index (χ0n) is 12.2. The first-order valence-electron chi connectivity index (χ1n) is 7.22. The third-order valence-electron chi connectivity index (χ3n) is 4.10. The van der Waals surface area contributed by atoms with E-state index in [1.807, 2.05) is 0 Å². The summed E-state index contributed by atoms with van der Waals surface area (Å²) in [4.78, 5) is 16.2. The van der Waals surface area contributed by atoms with Crippen LogP contribution in [-0.2, 0) is 11.2 Å². The van der Waals surface area contributed by atoms with Crippen LogP contribution in [-0.4, -0.2) is 27.8 Å². The first kappa shape index (κ1) is 15.4. The van der Waals surface area contributed by atoms with Crippen LogP contribution in [0.5, 0.6) is 11.5 Å². The molecule has 0 aliphatic carbocycles. The van der Waals surface area contributed by atoms with Crippen molar-refractivity contribution in [3.63, 3.8) is 0 Å².